The fraction of sp³-hybridized carbons (Fsp3) is 0.706. The van der Waals surface area contributed by atoms with E-state index in [1.165, 1.54) is 13.2 Å². The zero-order valence-electron chi connectivity index (χ0n) is 15.6. The van der Waals surface area contributed by atoms with Gasteiger partial charge < -0.3 is 20.1 Å². The summed E-state index contributed by atoms with van der Waals surface area (Å²) in [5.74, 6) is -0.536. The summed E-state index contributed by atoms with van der Waals surface area (Å²) in [7, 11) is 1.29. The van der Waals surface area contributed by atoms with Gasteiger partial charge in [0.05, 0.1) is 7.11 Å². The Hall–Kier alpha value is -2.05. The van der Waals surface area contributed by atoms with E-state index in [4.69, 9.17) is 4.74 Å². The third-order valence-electron chi connectivity index (χ3n) is 2.85. The summed E-state index contributed by atoms with van der Waals surface area (Å²) in [4.78, 5) is 35.1. The van der Waals surface area contributed by atoms with Crippen LogP contribution in [0.25, 0.3) is 0 Å². The molecule has 2 unspecified atom stereocenters. The topological polar surface area (TPSA) is 93.7 Å². The minimum absolute atomic E-state index is 0.312. The molecule has 7 heteroatoms. The second kappa shape index (κ2) is 9.95. The minimum atomic E-state index is -0.763. The minimum Gasteiger partial charge on any atom is -0.466 e. The van der Waals surface area contributed by atoms with Crippen LogP contribution < -0.4 is 10.6 Å². The Morgan fingerprint density at radius 1 is 1.08 bits per heavy atom. The highest BCUT2D eigenvalue weighted by Crippen LogP contribution is 2.08. The fourth-order valence-electron chi connectivity index (χ4n) is 1.81. The van der Waals surface area contributed by atoms with Crippen molar-refractivity contribution in [1.29, 1.82) is 0 Å². The Bertz CT molecular complexity index is 466. The van der Waals surface area contributed by atoms with Gasteiger partial charge in [0.1, 0.15) is 11.6 Å². The molecular weight excluding hydrogens is 312 g/mol. The van der Waals surface area contributed by atoms with Gasteiger partial charge in [-0.2, -0.15) is 0 Å². The molecule has 0 aromatic carbocycles. The SMILES string of the molecule is COC(=O)C=CC(CC(C)C)NC(=O)C(C)NC(=O)OC(C)(C)C. The molecule has 0 aliphatic heterocycles. The number of nitrogens with one attached hydrogen (secondary N) is 2. The van der Waals surface area contributed by atoms with Crippen molar-refractivity contribution >= 4 is 18.0 Å². The molecule has 0 heterocycles. The fourth-order valence-corrected chi connectivity index (χ4v) is 1.81. The van der Waals surface area contributed by atoms with E-state index in [9.17, 15) is 14.4 Å². The van der Waals surface area contributed by atoms with Crippen LogP contribution in [0.4, 0.5) is 4.79 Å². The van der Waals surface area contributed by atoms with Crippen molar-refractivity contribution in [3.05, 3.63) is 12.2 Å². The summed E-state index contributed by atoms with van der Waals surface area (Å²) in [6.07, 6.45) is 2.86. The van der Waals surface area contributed by atoms with Crippen molar-refractivity contribution in [3.63, 3.8) is 0 Å². The van der Waals surface area contributed by atoms with Crippen LogP contribution in [0.5, 0.6) is 0 Å². The molecule has 2 N–H and O–H groups in total. The summed E-state index contributed by atoms with van der Waals surface area (Å²) >= 11 is 0. The number of esters is 1. The van der Waals surface area contributed by atoms with Gasteiger partial charge in [-0.15, -0.1) is 0 Å². The normalized spacial score (nSPS) is 14.2. The van der Waals surface area contributed by atoms with Gasteiger partial charge in [-0.05, 0) is 40.0 Å². The standard InChI is InChI=1S/C17H30N2O5/c1-11(2)10-13(8-9-14(20)23-7)19-15(21)12(3)18-16(22)24-17(4,5)6/h8-9,11-13H,10H2,1-7H3,(H,18,22)(H,19,21). The number of carbonyl (C=O) groups is 3. The summed E-state index contributed by atoms with van der Waals surface area (Å²) < 4.78 is 9.66. The van der Waals surface area contributed by atoms with Crippen LogP contribution in [-0.2, 0) is 19.1 Å². The Kier molecular flexibility index (Phi) is 9.10. The number of rotatable bonds is 7. The van der Waals surface area contributed by atoms with Crippen LogP contribution in [-0.4, -0.2) is 42.8 Å². The lowest BCUT2D eigenvalue weighted by molar-refractivity contribution is -0.135. The van der Waals surface area contributed by atoms with Crippen LogP contribution in [0.1, 0.15) is 48.0 Å². The molecule has 0 saturated heterocycles. The molecule has 0 aromatic heterocycles. The quantitative estimate of drug-likeness (QED) is 0.546. The highest BCUT2D eigenvalue weighted by molar-refractivity contribution is 5.86. The molecule has 24 heavy (non-hydrogen) atoms. The average Bonchev–Trinajstić information content (AvgIpc) is 2.41. The van der Waals surface area contributed by atoms with Crippen molar-refractivity contribution in [3.8, 4) is 0 Å². The number of methoxy groups -OCH3 is 1. The van der Waals surface area contributed by atoms with Crippen molar-refractivity contribution in [2.45, 2.75) is 65.6 Å². The highest BCUT2D eigenvalue weighted by atomic mass is 16.6. The largest absolute Gasteiger partial charge is 0.466 e. The van der Waals surface area contributed by atoms with Crippen molar-refractivity contribution in [2.75, 3.05) is 7.11 Å². The van der Waals surface area contributed by atoms with Gasteiger partial charge in [0.25, 0.3) is 0 Å². The average molecular weight is 342 g/mol. The number of ether oxygens (including phenoxy) is 2. The molecule has 2 atom stereocenters. The van der Waals surface area contributed by atoms with E-state index in [0.717, 1.165) is 0 Å². The number of alkyl carbamates (subject to hydrolysis) is 1. The molecule has 0 spiro atoms. The first-order valence-corrected chi connectivity index (χ1v) is 8.00. The predicted molar refractivity (Wildman–Crippen MR) is 91.4 cm³/mol. The molecule has 7 nitrogen and oxygen atoms in total. The molecular formula is C17H30N2O5. The predicted octanol–water partition coefficient (Wildman–Crippen LogP) is 2.16. The lowest BCUT2D eigenvalue weighted by atomic mass is 10.0. The number of carbonyl (C=O) groups excluding carboxylic acids is 3. The first-order valence-electron chi connectivity index (χ1n) is 8.00. The second-order valence-corrected chi connectivity index (χ2v) is 6.99. The molecule has 0 bridgehead atoms. The Morgan fingerprint density at radius 3 is 2.12 bits per heavy atom. The second-order valence-electron chi connectivity index (χ2n) is 6.99. The van der Waals surface area contributed by atoms with E-state index >= 15 is 0 Å². The van der Waals surface area contributed by atoms with Gasteiger partial charge in [-0.1, -0.05) is 19.9 Å². The molecule has 0 rings (SSSR count). The first kappa shape index (κ1) is 21.9. The number of hydrogen-bond acceptors (Lipinski definition) is 5. The Morgan fingerprint density at radius 2 is 1.67 bits per heavy atom. The van der Waals surface area contributed by atoms with E-state index in [2.05, 4.69) is 15.4 Å². The van der Waals surface area contributed by atoms with Crippen molar-refractivity contribution in [1.82, 2.24) is 10.6 Å². The van der Waals surface area contributed by atoms with Crippen LogP contribution in [0.2, 0.25) is 0 Å². The van der Waals surface area contributed by atoms with Gasteiger partial charge in [0.15, 0.2) is 0 Å². The maximum atomic E-state index is 12.2. The van der Waals surface area contributed by atoms with Crippen molar-refractivity contribution < 1.29 is 23.9 Å². The van der Waals surface area contributed by atoms with Crippen LogP contribution in [0, 0.1) is 5.92 Å². The Balaban J connectivity index is 4.71. The lowest BCUT2D eigenvalue weighted by Crippen LogP contribution is -2.49. The maximum Gasteiger partial charge on any atom is 0.408 e. The molecule has 0 radical (unpaired) electrons. The number of amides is 2. The smallest absolute Gasteiger partial charge is 0.408 e. The third kappa shape index (κ3) is 10.6. The number of hydrogen-bond donors (Lipinski definition) is 2. The lowest BCUT2D eigenvalue weighted by Gasteiger charge is -2.23. The summed E-state index contributed by atoms with van der Waals surface area (Å²) in [6.45, 7) is 10.8. The molecule has 0 aromatic rings. The van der Waals surface area contributed by atoms with E-state index in [1.54, 1.807) is 33.8 Å². The van der Waals surface area contributed by atoms with E-state index < -0.39 is 23.7 Å². The van der Waals surface area contributed by atoms with Crippen LogP contribution >= 0.6 is 0 Å². The zero-order valence-corrected chi connectivity index (χ0v) is 15.6. The molecule has 2 amide bonds. The molecule has 0 aliphatic rings. The zero-order chi connectivity index (χ0) is 18.9. The molecule has 0 saturated carbocycles. The molecule has 0 aliphatic carbocycles. The van der Waals surface area contributed by atoms with Gasteiger partial charge in [-0.25, -0.2) is 9.59 Å². The van der Waals surface area contributed by atoms with Gasteiger partial charge in [-0.3, -0.25) is 4.79 Å². The first-order chi connectivity index (χ1) is 10.9. The monoisotopic (exact) mass is 342 g/mol. The summed E-state index contributed by atoms with van der Waals surface area (Å²) in [6, 6.07) is -1.10. The van der Waals surface area contributed by atoms with Crippen molar-refractivity contribution in [2.24, 2.45) is 5.92 Å². The summed E-state index contributed by atoms with van der Waals surface area (Å²) in [5.41, 5.74) is -0.635. The Labute approximate surface area is 144 Å². The maximum absolute atomic E-state index is 12.2. The van der Waals surface area contributed by atoms with E-state index in [-0.39, 0.29) is 11.9 Å². The summed E-state index contributed by atoms with van der Waals surface area (Å²) in [5, 5.41) is 5.27. The third-order valence-corrected chi connectivity index (χ3v) is 2.85. The highest BCUT2D eigenvalue weighted by Gasteiger charge is 2.22. The van der Waals surface area contributed by atoms with Crippen LogP contribution in [0.15, 0.2) is 12.2 Å². The molecule has 138 valence electrons. The van der Waals surface area contributed by atoms with E-state index in [0.29, 0.717) is 12.3 Å². The van der Waals surface area contributed by atoms with Gasteiger partial charge in [0.2, 0.25) is 5.91 Å². The van der Waals surface area contributed by atoms with Crippen LogP contribution in [0.3, 0.4) is 0 Å². The van der Waals surface area contributed by atoms with Gasteiger partial charge >= 0.3 is 12.1 Å². The molecule has 0 fully saturated rings. The van der Waals surface area contributed by atoms with Gasteiger partial charge in [0, 0.05) is 12.1 Å². The van der Waals surface area contributed by atoms with E-state index in [1.807, 2.05) is 13.8 Å².